The number of thioether (sulfide) groups is 1. The molecule has 0 aromatic heterocycles. The van der Waals surface area contributed by atoms with Crippen LogP contribution < -0.4 is 5.73 Å². The maximum Gasteiger partial charge on any atom is 0.0816 e. The van der Waals surface area contributed by atoms with Crippen molar-refractivity contribution < 1.29 is 0 Å². The first-order valence-corrected chi connectivity index (χ1v) is 8.78. The highest BCUT2D eigenvalue weighted by Crippen LogP contribution is 2.20. The first-order chi connectivity index (χ1) is 11.5. The van der Waals surface area contributed by atoms with E-state index in [1.807, 2.05) is 25.3 Å². The Morgan fingerprint density at radius 3 is 2.67 bits per heavy atom. The molecular weight excluding hydrogens is 316 g/mol. The van der Waals surface area contributed by atoms with Crippen LogP contribution in [0.4, 0.5) is 5.69 Å². The summed E-state index contributed by atoms with van der Waals surface area (Å²) >= 11 is 1.72. The van der Waals surface area contributed by atoms with Gasteiger partial charge in [-0.1, -0.05) is 6.07 Å². The summed E-state index contributed by atoms with van der Waals surface area (Å²) in [5.74, 6) is 0.978. The molecule has 0 aliphatic carbocycles. The Bertz CT molecular complexity index is 672. The molecule has 5 heteroatoms. The number of aliphatic imine (C=N–C) groups is 3. The van der Waals surface area contributed by atoms with Gasteiger partial charge in [0.1, 0.15) is 0 Å². The molecule has 2 N–H and O–H groups in total. The molecule has 0 bridgehead atoms. The van der Waals surface area contributed by atoms with Gasteiger partial charge in [0.2, 0.25) is 0 Å². The van der Waals surface area contributed by atoms with Crippen LogP contribution in [-0.4, -0.2) is 31.9 Å². The van der Waals surface area contributed by atoms with E-state index in [1.165, 1.54) is 11.1 Å². The minimum absolute atomic E-state index is 0.513. The van der Waals surface area contributed by atoms with Crippen LogP contribution in [0, 0.1) is 13.8 Å². The molecule has 1 rings (SSSR count). The molecule has 0 saturated heterocycles. The minimum atomic E-state index is 0.513. The van der Waals surface area contributed by atoms with E-state index < -0.39 is 0 Å². The molecule has 0 heterocycles. The maximum atomic E-state index is 5.93. The highest BCUT2D eigenvalue weighted by atomic mass is 32.2. The fraction of sp³-hybridized carbons (Fsp3) is 0.316. The van der Waals surface area contributed by atoms with E-state index in [-0.39, 0.29) is 0 Å². The van der Waals surface area contributed by atoms with Crippen molar-refractivity contribution in [3.8, 4) is 0 Å². The summed E-state index contributed by atoms with van der Waals surface area (Å²) in [6.07, 6.45) is 4.42. The van der Waals surface area contributed by atoms with E-state index in [0.717, 1.165) is 34.7 Å². The molecule has 0 atom stereocenters. The van der Waals surface area contributed by atoms with Gasteiger partial charge in [-0.2, -0.15) is 0 Å². The van der Waals surface area contributed by atoms with Crippen molar-refractivity contribution in [2.75, 3.05) is 18.0 Å². The molecule has 1 aromatic carbocycles. The van der Waals surface area contributed by atoms with Gasteiger partial charge in [-0.25, -0.2) is 0 Å². The topological polar surface area (TPSA) is 63.1 Å². The quantitative estimate of drug-likeness (QED) is 0.411. The molecule has 4 nitrogen and oxygen atoms in total. The molecular formula is C19H26N4S. The lowest BCUT2D eigenvalue weighted by Gasteiger charge is -2.09. The van der Waals surface area contributed by atoms with Crippen LogP contribution >= 0.6 is 11.8 Å². The highest BCUT2D eigenvalue weighted by Gasteiger charge is 2.02. The molecule has 0 saturated carbocycles. The van der Waals surface area contributed by atoms with Gasteiger partial charge >= 0.3 is 0 Å². The van der Waals surface area contributed by atoms with Crippen LogP contribution in [0.1, 0.15) is 23.6 Å². The first kappa shape index (κ1) is 19.9. The predicted molar refractivity (Wildman–Crippen MR) is 111 cm³/mol. The third kappa shape index (κ3) is 6.96. The highest BCUT2D eigenvalue weighted by molar-refractivity contribution is 8.02. The SMILES string of the molecule is C=N/C=C(/C)C=NC/C(=C/SCCc1cc(C)c(N)cc1C)N=C. The zero-order valence-electron chi connectivity index (χ0n) is 14.7. The van der Waals surface area contributed by atoms with Crippen LogP contribution in [0.5, 0.6) is 0 Å². The Morgan fingerprint density at radius 2 is 2.00 bits per heavy atom. The van der Waals surface area contributed by atoms with E-state index in [4.69, 9.17) is 5.73 Å². The average molecular weight is 343 g/mol. The number of anilines is 1. The number of rotatable bonds is 9. The van der Waals surface area contributed by atoms with Crippen molar-refractivity contribution in [3.05, 3.63) is 51.7 Å². The number of nitrogens with two attached hydrogens (primary N) is 1. The third-order valence-corrected chi connectivity index (χ3v) is 4.36. The summed E-state index contributed by atoms with van der Waals surface area (Å²) in [5.41, 5.74) is 12.3. The van der Waals surface area contributed by atoms with Gasteiger partial charge in [0.05, 0.1) is 12.2 Å². The maximum absolute atomic E-state index is 5.93. The van der Waals surface area contributed by atoms with Gasteiger partial charge in [0, 0.05) is 23.9 Å². The van der Waals surface area contributed by atoms with Crippen LogP contribution in [-0.2, 0) is 6.42 Å². The molecule has 0 aliphatic rings. The van der Waals surface area contributed by atoms with Crippen LogP contribution in [0.2, 0.25) is 0 Å². The van der Waals surface area contributed by atoms with Gasteiger partial charge in [0.25, 0.3) is 0 Å². The Kier molecular flexibility index (Phi) is 8.79. The standard InChI is InChI=1S/C19H26N4S/c1-14(10-21-4)11-23-12-18(22-5)13-24-7-6-17-8-16(3)19(20)9-15(17)2/h8-11,13H,4-7,12,20H2,1-3H3/b14-10-,18-13-,23-11?. The second-order valence-electron chi connectivity index (χ2n) is 5.55. The Hall–Kier alpha value is -2.14. The van der Waals surface area contributed by atoms with Gasteiger partial charge < -0.3 is 5.73 Å². The van der Waals surface area contributed by atoms with Gasteiger partial charge in [-0.15, -0.1) is 11.8 Å². The largest absolute Gasteiger partial charge is 0.399 e. The summed E-state index contributed by atoms with van der Waals surface area (Å²) in [6.45, 7) is 13.6. The molecule has 0 radical (unpaired) electrons. The van der Waals surface area contributed by atoms with E-state index in [9.17, 15) is 0 Å². The molecule has 0 spiro atoms. The Labute approximate surface area is 149 Å². The number of allylic oxidation sites excluding steroid dienone is 1. The normalized spacial score (nSPS) is 12.6. The van der Waals surface area contributed by atoms with Crippen LogP contribution in [0.3, 0.4) is 0 Å². The van der Waals surface area contributed by atoms with Gasteiger partial charge in [-0.3, -0.25) is 15.0 Å². The van der Waals surface area contributed by atoms with Gasteiger partial charge in [0.15, 0.2) is 0 Å². The summed E-state index contributed by atoms with van der Waals surface area (Å²) in [7, 11) is 0. The third-order valence-electron chi connectivity index (χ3n) is 3.48. The molecule has 128 valence electrons. The van der Waals surface area contributed by atoms with E-state index in [0.29, 0.717) is 6.54 Å². The van der Waals surface area contributed by atoms with E-state index in [1.54, 1.807) is 24.2 Å². The first-order valence-electron chi connectivity index (χ1n) is 7.73. The van der Waals surface area contributed by atoms with Crippen LogP contribution in [0.25, 0.3) is 0 Å². The second-order valence-corrected chi connectivity index (χ2v) is 6.53. The number of hydrogen-bond acceptors (Lipinski definition) is 5. The lowest BCUT2D eigenvalue weighted by molar-refractivity contribution is 1.11. The second kappa shape index (κ2) is 10.6. The van der Waals surface area contributed by atoms with Crippen molar-refractivity contribution in [3.63, 3.8) is 0 Å². The lowest BCUT2D eigenvalue weighted by atomic mass is 10.0. The minimum Gasteiger partial charge on any atom is -0.399 e. The van der Waals surface area contributed by atoms with Crippen molar-refractivity contribution in [2.24, 2.45) is 15.0 Å². The van der Waals surface area contributed by atoms with E-state index >= 15 is 0 Å². The lowest BCUT2D eigenvalue weighted by Crippen LogP contribution is -1.97. The van der Waals surface area contributed by atoms with Crippen molar-refractivity contribution in [2.45, 2.75) is 27.2 Å². The smallest absolute Gasteiger partial charge is 0.0816 e. The zero-order valence-corrected chi connectivity index (χ0v) is 15.6. The molecule has 0 fully saturated rings. The number of nitrogen functional groups attached to an aromatic ring is 1. The number of benzene rings is 1. The van der Waals surface area contributed by atoms with Crippen LogP contribution in [0.15, 0.2) is 50.0 Å². The van der Waals surface area contributed by atoms with Gasteiger partial charge in [-0.05, 0) is 74.4 Å². The summed E-state index contributed by atoms with van der Waals surface area (Å²) in [6, 6.07) is 4.22. The summed E-state index contributed by atoms with van der Waals surface area (Å²) in [5, 5.41) is 2.02. The fourth-order valence-electron chi connectivity index (χ4n) is 2.08. The predicted octanol–water partition coefficient (Wildman–Crippen LogP) is 4.38. The fourth-order valence-corrected chi connectivity index (χ4v) is 2.87. The van der Waals surface area contributed by atoms with Crippen molar-refractivity contribution in [1.82, 2.24) is 0 Å². The zero-order chi connectivity index (χ0) is 17.9. The number of aryl methyl sites for hydroxylation is 3. The Morgan fingerprint density at radius 1 is 1.25 bits per heavy atom. The molecule has 24 heavy (non-hydrogen) atoms. The molecule has 0 amide bonds. The van der Waals surface area contributed by atoms with Crippen molar-refractivity contribution >= 4 is 37.1 Å². The summed E-state index contributed by atoms with van der Waals surface area (Å²) < 4.78 is 0. The Balaban J connectivity index is 2.52. The monoisotopic (exact) mass is 342 g/mol. The molecule has 1 aromatic rings. The van der Waals surface area contributed by atoms with Crippen molar-refractivity contribution in [1.29, 1.82) is 0 Å². The molecule has 0 aliphatic heterocycles. The average Bonchev–Trinajstić information content (AvgIpc) is 2.54. The summed E-state index contributed by atoms with van der Waals surface area (Å²) in [4.78, 5) is 12.0. The number of nitrogens with zero attached hydrogens (tertiary/aromatic N) is 3. The van der Waals surface area contributed by atoms with E-state index in [2.05, 4.69) is 41.4 Å². The number of hydrogen-bond donors (Lipinski definition) is 1. The molecule has 0 unspecified atom stereocenters.